The summed E-state index contributed by atoms with van der Waals surface area (Å²) in [7, 11) is 0. The lowest BCUT2D eigenvalue weighted by atomic mass is 10.1. The number of pyridine rings is 1. The normalized spacial score (nSPS) is 17.1. The number of carbonyl (C=O) groups is 1. The summed E-state index contributed by atoms with van der Waals surface area (Å²) in [6.07, 6.45) is 1.96. The molecule has 0 aromatic carbocycles. The zero-order valence-corrected chi connectivity index (χ0v) is 9.60. The predicted octanol–water partition coefficient (Wildman–Crippen LogP) is 1.85. The number of hydrogen-bond acceptors (Lipinski definition) is 3. The second-order valence-electron chi connectivity index (χ2n) is 3.71. The van der Waals surface area contributed by atoms with E-state index in [0.29, 0.717) is 0 Å². The van der Waals surface area contributed by atoms with Crippen LogP contribution in [0.25, 0.3) is 0 Å². The third-order valence-corrected chi connectivity index (χ3v) is 3.55. The van der Waals surface area contributed by atoms with Gasteiger partial charge < -0.3 is 5.32 Å². The van der Waals surface area contributed by atoms with Gasteiger partial charge in [-0.1, -0.05) is 6.07 Å². The average Bonchev–Trinajstić information content (AvgIpc) is 2.30. The van der Waals surface area contributed by atoms with Crippen molar-refractivity contribution in [2.45, 2.75) is 18.9 Å². The number of hydrogen-bond donors (Lipinski definition) is 1. The van der Waals surface area contributed by atoms with Gasteiger partial charge in [-0.2, -0.15) is 16.2 Å². The Labute approximate surface area is 97.8 Å². The Morgan fingerprint density at radius 1 is 1.44 bits per heavy atom. The Morgan fingerprint density at radius 3 is 2.88 bits per heavy atom. The van der Waals surface area contributed by atoms with Crippen LogP contribution in [0, 0.1) is 5.95 Å². The Morgan fingerprint density at radius 2 is 2.19 bits per heavy atom. The van der Waals surface area contributed by atoms with E-state index in [4.69, 9.17) is 0 Å². The van der Waals surface area contributed by atoms with Crippen molar-refractivity contribution in [3.05, 3.63) is 29.8 Å². The van der Waals surface area contributed by atoms with Crippen LogP contribution in [0.1, 0.15) is 23.3 Å². The van der Waals surface area contributed by atoms with E-state index in [9.17, 15) is 9.18 Å². The van der Waals surface area contributed by atoms with Gasteiger partial charge in [-0.05, 0) is 36.5 Å². The van der Waals surface area contributed by atoms with Crippen molar-refractivity contribution in [3.63, 3.8) is 0 Å². The molecule has 2 rings (SSSR count). The maximum Gasteiger partial charge on any atom is 0.270 e. The molecule has 0 spiro atoms. The number of nitrogens with one attached hydrogen (secondary N) is 1. The molecule has 16 heavy (non-hydrogen) atoms. The number of carbonyl (C=O) groups excluding carboxylic acids is 1. The molecule has 1 aliphatic rings. The molecule has 1 amide bonds. The fraction of sp³-hybridized carbons (Fsp3) is 0.455. The molecule has 0 unspecified atom stereocenters. The van der Waals surface area contributed by atoms with Gasteiger partial charge in [0.1, 0.15) is 5.69 Å². The van der Waals surface area contributed by atoms with Crippen LogP contribution in [-0.2, 0) is 0 Å². The summed E-state index contributed by atoms with van der Waals surface area (Å²) in [6, 6.07) is 4.46. The molecule has 0 atom stereocenters. The van der Waals surface area contributed by atoms with E-state index in [-0.39, 0.29) is 17.6 Å². The highest BCUT2D eigenvalue weighted by molar-refractivity contribution is 7.99. The molecule has 1 aliphatic heterocycles. The first-order valence-corrected chi connectivity index (χ1v) is 6.42. The molecular weight excluding hydrogens is 227 g/mol. The topological polar surface area (TPSA) is 42.0 Å². The van der Waals surface area contributed by atoms with E-state index in [1.807, 2.05) is 11.8 Å². The molecule has 5 heteroatoms. The van der Waals surface area contributed by atoms with Crippen molar-refractivity contribution in [3.8, 4) is 0 Å². The van der Waals surface area contributed by atoms with Crippen LogP contribution in [0.15, 0.2) is 18.2 Å². The first-order valence-electron chi connectivity index (χ1n) is 5.27. The maximum absolute atomic E-state index is 12.8. The van der Waals surface area contributed by atoms with Crippen LogP contribution >= 0.6 is 11.8 Å². The third kappa shape index (κ3) is 2.95. The molecule has 0 radical (unpaired) electrons. The van der Waals surface area contributed by atoms with Crippen LogP contribution in [0.2, 0.25) is 0 Å². The first kappa shape index (κ1) is 11.4. The van der Waals surface area contributed by atoms with E-state index >= 15 is 0 Å². The van der Waals surface area contributed by atoms with E-state index in [1.54, 1.807) is 0 Å². The summed E-state index contributed by atoms with van der Waals surface area (Å²) in [5, 5.41) is 2.88. The number of aromatic nitrogens is 1. The van der Waals surface area contributed by atoms with Gasteiger partial charge in [0, 0.05) is 6.04 Å². The first-order chi connectivity index (χ1) is 7.75. The second-order valence-corrected chi connectivity index (χ2v) is 4.93. The molecule has 3 nitrogen and oxygen atoms in total. The predicted molar refractivity (Wildman–Crippen MR) is 62.0 cm³/mol. The smallest absolute Gasteiger partial charge is 0.270 e. The van der Waals surface area contributed by atoms with Crippen molar-refractivity contribution in [1.29, 1.82) is 0 Å². The van der Waals surface area contributed by atoms with E-state index < -0.39 is 5.95 Å². The standard InChI is InChI=1S/C11H13FN2OS/c12-10-3-1-2-9(14-10)11(15)13-8-4-6-16-7-5-8/h1-3,8H,4-7H2,(H,13,15). The van der Waals surface area contributed by atoms with E-state index in [1.165, 1.54) is 18.2 Å². The second kappa shape index (κ2) is 5.30. The number of nitrogens with zero attached hydrogens (tertiary/aromatic N) is 1. The quantitative estimate of drug-likeness (QED) is 0.802. The molecule has 0 bridgehead atoms. The molecule has 1 fully saturated rings. The molecule has 1 N–H and O–H groups in total. The van der Waals surface area contributed by atoms with Gasteiger partial charge in [-0.15, -0.1) is 0 Å². The Bertz CT molecular complexity index is 380. The average molecular weight is 240 g/mol. The van der Waals surface area contributed by atoms with Gasteiger partial charge in [0.05, 0.1) is 0 Å². The Balaban J connectivity index is 1.97. The molecule has 0 aliphatic carbocycles. The summed E-state index contributed by atoms with van der Waals surface area (Å²) in [6.45, 7) is 0. The number of thioether (sulfide) groups is 1. The number of rotatable bonds is 2. The summed E-state index contributed by atoms with van der Waals surface area (Å²) < 4.78 is 12.8. The van der Waals surface area contributed by atoms with Gasteiger partial charge in [0.2, 0.25) is 5.95 Å². The zero-order valence-electron chi connectivity index (χ0n) is 8.78. The number of amides is 1. The van der Waals surface area contributed by atoms with Gasteiger partial charge in [-0.3, -0.25) is 4.79 Å². The minimum Gasteiger partial charge on any atom is -0.348 e. The molecule has 86 valence electrons. The van der Waals surface area contributed by atoms with Crippen LogP contribution < -0.4 is 5.32 Å². The van der Waals surface area contributed by atoms with Crippen LogP contribution in [-0.4, -0.2) is 28.4 Å². The van der Waals surface area contributed by atoms with Crippen molar-refractivity contribution < 1.29 is 9.18 Å². The van der Waals surface area contributed by atoms with E-state index in [0.717, 1.165) is 24.3 Å². The molecule has 1 aromatic rings. The zero-order chi connectivity index (χ0) is 11.4. The lowest BCUT2D eigenvalue weighted by molar-refractivity contribution is 0.0928. The van der Waals surface area contributed by atoms with Crippen molar-refractivity contribution in [2.24, 2.45) is 0 Å². The molecular formula is C11H13FN2OS. The fourth-order valence-corrected chi connectivity index (χ4v) is 2.74. The van der Waals surface area contributed by atoms with Gasteiger partial charge in [0.15, 0.2) is 0 Å². The molecule has 0 saturated carbocycles. The third-order valence-electron chi connectivity index (χ3n) is 2.50. The monoisotopic (exact) mass is 240 g/mol. The van der Waals surface area contributed by atoms with Crippen molar-refractivity contribution in [1.82, 2.24) is 10.3 Å². The highest BCUT2D eigenvalue weighted by atomic mass is 32.2. The lowest BCUT2D eigenvalue weighted by Gasteiger charge is -2.22. The SMILES string of the molecule is O=C(NC1CCSCC1)c1cccc(F)n1. The molecule has 1 aromatic heterocycles. The largest absolute Gasteiger partial charge is 0.348 e. The van der Waals surface area contributed by atoms with Crippen LogP contribution in [0.4, 0.5) is 4.39 Å². The fourth-order valence-electron chi connectivity index (χ4n) is 1.64. The Kier molecular flexibility index (Phi) is 3.77. The summed E-state index contributed by atoms with van der Waals surface area (Å²) in [5.74, 6) is 1.24. The minimum absolute atomic E-state index is 0.151. The van der Waals surface area contributed by atoms with E-state index in [2.05, 4.69) is 10.3 Å². The minimum atomic E-state index is -0.619. The Hall–Kier alpha value is -1.10. The van der Waals surface area contributed by atoms with Crippen molar-refractivity contribution >= 4 is 17.7 Å². The maximum atomic E-state index is 12.8. The van der Waals surface area contributed by atoms with Gasteiger partial charge in [0.25, 0.3) is 5.91 Å². The highest BCUT2D eigenvalue weighted by Gasteiger charge is 2.17. The summed E-state index contributed by atoms with van der Waals surface area (Å²) >= 11 is 1.90. The summed E-state index contributed by atoms with van der Waals surface area (Å²) in [5.41, 5.74) is 0.151. The van der Waals surface area contributed by atoms with Gasteiger partial charge >= 0.3 is 0 Å². The summed E-state index contributed by atoms with van der Waals surface area (Å²) in [4.78, 5) is 15.3. The highest BCUT2D eigenvalue weighted by Crippen LogP contribution is 2.17. The van der Waals surface area contributed by atoms with Crippen LogP contribution in [0.3, 0.4) is 0 Å². The molecule has 2 heterocycles. The number of halogens is 1. The van der Waals surface area contributed by atoms with Crippen LogP contribution in [0.5, 0.6) is 0 Å². The van der Waals surface area contributed by atoms with Crippen molar-refractivity contribution in [2.75, 3.05) is 11.5 Å². The van der Waals surface area contributed by atoms with Gasteiger partial charge in [-0.25, -0.2) is 4.98 Å². The lowest BCUT2D eigenvalue weighted by Crippen LogP contribution is -2.37. The molecule has 1 saturated heterocycles.